The molecular formula is C19H19ClN2O4. The van der Waals surface area contributed by atoms with Crippen LogP contribution in [-0.4, -0.2) is 31.4 Å². The average molecular weight is 375 g/mol. The monoisotopic (exact) mass is 374 g/mol. The number of nitrogens with one attached hydrogen (secondary N) is 1. The molecule has 0 atom stereocenters. The van der Waals surface area contributed by atoms with Crippen LogP contribution in [0.1, 0.15) is 22.8 Å². The largest absolute Gasteiger partial charge is 0.465 e. The Morgan fingerprint density at radius 1 is 1.15 bits per heavy atom. The summed E-state index contributed by atoms with van der Waals surface area (Å²) in [5.41, 5.74) is 2.15. The number of ether oxygens (including phenoxy) is 1. The fourth-order valence-corrected chi connectivity index (χ4v) is 2.59. The Bertz CT molecular complexity index is 851. The van der Waals surface area contributed by atoms with Crippen molar-refractivity contribution in [2.75, 3.05) is 23.9 Å². The van der Waals surface area contributed by atoms with Gasteiger partial charge in [0.1, 0.15) is 6.54 Å². The van der Waals surface area contributed by atoms with Crippen LogP contribution in [0.4, 0.5) is 11.4 Å². The van der Waals surface area contributed by atoms with Crippen molar-refractivity contribution in [2.24, 2.45) is 0 Å². The number of rotatable bonds is 5. The highest BCUT2D eigenvalue weighted by atomic mass is 35.5. The van der Waals surface area contributed by atoms with E-state index < -0.39 is 11.9 Å². The first-order valence-corrected chi connectivity index (χ1v) is 8.22. The first-order valence-electron chi connectivity index (χ1n) is 7.84. The normalized spacial score (nSPS) is 10.2. The molecule has 0 radical (unpaired) electrons. The second-order valence-electron chi connectivity index (χ2n) is 5.66. The van der Waals surface area contributed by atoms with Gasteiger partial charge in [0, 0.05) is 23.3 Å². The van der Waals surface area contributed by atoms with Gasteiger partial charge in [0.05, 0.1) is 12.7 Å². The summed E-state index contributed by atoms with van der Waals surface area (Å²) in [6.07, 6.45) is 0. The maximum absolute atomic E-state index is 12.4. The highest BCUT2D eigenvalue weighted by Crippen LogP contribution is 2.24. The molecule has 7 heteroatoms. The zero-order valence-corrected chi connectivity index (χ0v) is 15.5. The van der Waals surface area contributed by atoms with Crippen molar-refractivity contribution in [3.8, 4) is 0 Å². The molecule has 2 aromatic carbocycles. The molecule has 0 heterocycles. The fraction of sp³-hybridized carbons (Fsp3) is 0.211. The van der Waals surface area contributed by atoms with Crippen LogP contribution >= 0.6 is 11.6 Å². The molecule has 2 amide bonds. The van der Waals surface area contributed by atoms with Gasteiger partial charge in [-0.25, -0.2) is 4.79 Å². The molecule has 2 aromatic rings. The van der Waals surface area contributed by atoms with Crippen molar-refractivity contribution in [3.05, 3.63) is 58.6 Å². The highest BCUT2D eigenvalue weighted by Gasteiger charge is 2.18. The van der Waals surface area contributed by atoms with Crippen LogP contribution in [-0.2, 0) is 14.3 Å². The molecule has 0 fully saturated rings. The lowest BCUT2D eigenvalue weighted by atomic mass is 10.1. The van der Waals surface area contributed by atoms with Crippen LogP contribution < -0.4 is 10.2 Å². The van der Waals surface area contributed by atoms with Gasteiger partial charge in [-0.05, 0) is 42.8 Å². The molecule has 6 nitrogen and oxygen atoms in total. The molecule has 0 aliphatic rings. The third-order valence-corrected chi connectivity index (χ3v) is 3.95. The predicted molar refractivity (Wildman–Crippen MR) is 101 cm³/mol. The molecule has 0 unspecified atom stereocenters. The molecule has 0 saturated carbocycles. The number of hydrogen-bond donors (Lipinski definition) is 1. The number of benzene rings is 2. The van der Waals surface area contributed by atoms with E-state index in [1.54, 1.807) is 36.4 Å². The molecule has 2 rings (SSSR count). The lowest BCUT2D eigenvalue weighted by molar-refractivity contribution is -0.120. The maximum atomic E-state index is 12.4. The van der Waals surface area contributed by atoms with Crippen LogP contribution in [0.3, 0.4) is 0 Å². The Hall–Kier alpha value is -2.86. The summed E-state index contributed by atoms with van der Waals surface area (Å²) in [7, 11) is 1.28. The standard InChI is InChI=1S/C19H19ClN2O4/c1-12-7-8-15(20)10-17(12)22(13(2)23)11-18(24)21-16-6-4-5-14(9-16)19(25)26-3/h4-10H,11H2,1-3H3,(H,21,24). The molecule has 1 N–H and O–H groups in total. The number of methoxy groups -OCH3 is 1. The van der Waals surface area contributed by atoms with Gasteiger partial charge in [0.25, 0.3) is 0 Å². The average Bonchev–Trinajstić information content (AvgIpc) is 2.61. The first-order chi connectivity index (χ1) is 12.3. The third kappa shape index (κ3) is 4.83. The molecular weight excluding hydrogens is 356 g/mol. The Morgan fingerprint density at radius 3 is 2.54 bits per heavy atom. The maximum Gasteiger partial charge on any atom is 0.337 e. The van der Waals surface area contributed by atoms with E-state index in [0.29, 0.717) is 22.0 Å². The minimum absolute atomic E-state index is 0.182. The van der Waals surface area contributed by atoms with Gasteiger partial charge in [-0.2, -0.15) is 0 Å². The zero-order valence-electron chi connectivity index (χ0n) is 14.7. The molecule has 136 valence electrons. The number of halogens is 1. The number of anilines is 2. The van der Waals surface area contributed by atoms with E-state index >= 15 is 0 Å². The molecule has 0 saturated heterocycles. The van der Waals surface area contributed by atoms with Crippen LogP contribution in [0.5, 0.6) is 0 Å². The van der Waals surface area contributed by atoms with Gasteiger partial charge in [-0.3, -0.25) is 9.59 Å². The third-order valence-electron chi connectivity index (χ3n) is 3.71. The smallest absolute Gasteiger partial charge is 0.337 e. The SMILES string of the molecule is COC(=O)c1cccc(NC(=O)CN(C(C)=O)c2cc(Cl)ccc2C)c1. The molecule has 26 heavy (non-hydrogen) atoms. The van der Waals surface area contributed by atoms with Gasteiger partial charge >= 0.3 is 5.97 Å². The molecule has 0 aromatic heterocycles. The Kier molecular flexibility index (Phi) is 6.36. The molecule has 0 aliphatic heterocycles. The van der Waals surface area contributed by atoms with E-state index in [2.05, 4.69) is 10.1 Å². The van der Waals surface area contributed by atoms with Crippen molar-refractivity contribution in [2.45, 2.75) is 13.8 Å². The lowest BCUT2D eigenvalue weighted by Gasteiger charge is -2.23. The van der Waals surface area contributed by atoms with Gasteiger partial charge in [0.15, 0.2) is 0 Å². The quantitative estimate of drug-likeness (QED) is 0.813. The Labute approximate surface area is 156 Å². The second-order valence-corrected chi connectivity index (χ2v) is 6.09. The number of carbonyl (C=O) groups excluding carboxylic acids is 3. The lowest BCUT2D eigenvalue weighted by Crippen LogP contribution is -2.37. The van der Waals surface area contributed by atoms with E-state index in [1.165, 1.54) is 25.0 Å². The molecule has 0 bridgehead atoms. The number of hydrogen-bond acceptors (Lipinski definition) is 4. The highest BCUT2D eigenvalue weighted by molar-refractivity contribution is 6.31. The fourth-order valence-electron chi connectivity index (χ4n) is 2.43. The summed E-state index contributed by atoms with van der Waals surface area (Å²) in [5, 5.41) is 3.15. The predicted octanol–water partition coefficient (Wildman–Crippen LogP) is 3.43. The number of carbonyl (C=O) groups is 3. The van der Waals surface area contributed by atoms with E-state index in [4.69, 9.17) is 11.6 Å². The van der Waals surface area contributed by atoms with E-state index in [0.717, 1.165) is 5.56 Å². The Morgan fingerprint density at radius 2 is 1.88 bits per heavy atom. The zero-order chi connectivity index (χ0) is 19.3. The minimum Gasteiger partial charge on any atom is -0.465 e. The van der Waals surface area contributed by atoms with Crippen LogP contribution in [0, 0.1) is 6.92 Å². The van der Waals surface area contributed by atoms with E-state index in [9.17, 15) is 14.4 Å². The van der Waals surface area contributed by atoms with Crippen LogP contribution in [0.15, 0.2) is 42.5 Å². The van der Waals surface area contributed by atoms with Gasteiger partial charge < -0.3 is 15.0 Å². The summed E-state index contributed by atoms with van der Waals surface area (Å²) >= 11 is 6.01. The van der Waals surface area contributed by atoms with E-state index in [-0.39, 0.29) is 12.5 Å². The Balaban J connectivity index is 2.17. The summed E-state index contributed by atoms with van der Waals surface area (Å²) in [5.74, 6) is -1.18. The minimum atomic E-state index is -0.499. The van der Waals surface area contributed by atoms with Crippen molar-refractivity contribution in [1.29, 1.82) is 0 Å². The summed E-state index contributed by atoms with van der Waals surface area (Å²) in [4.78, 5) is 37.3. The van der Waals surface area contributed by atoms with Crippen molar-refractivity contribution in [1.82, 2.24) is 0 Å². The number of aryl methyl sites for hydroxylation is 1. The first kappa shape index (κ1) is 19.5. The second kappa shape index (κ2) is 8.49. The van der Waals surface area contributed by atoms with Gasteiger partial charge in [-0.15, -0.1) is 0 Å². The topological polar surface area (TPSA) is 75.7 Å². The van der Waals surface area contributed by atoms with Gasteiger partial charge in [-0.1, -0.05) is 23.7 Å². The van der Waals surface area contributed by atoms with Crippen LogP contribution in [0.2, 0.25) is 5.02 Å². The number of nitrogens with zero attached hydrogens (tertiary/aromatic N) is 1. The summed E-state index contributed by atoms with van der Waals surface area (Å²) in [6.45, 7) is 3.03. The van der Waals surface area contributed by atoms with Gasteiger partial charge in [0.2, 0.25) is 11.8 Å². The number of amides is 2. The molecule has 0 aliphatic carbocycles. The van der Waals surface area contributed by atoms with Crippen molar-refractivity contribution in [3.63, 3.8) is 0 Å². The van der Waals surface area contributed by atoms with Crippen molar-refractivity contribution >= 4 is 40.8 Å². The van der Waals surface area contributed by atoms with E-state index in [1.807, 2.05) is 6.92 Å². The summed E-state index contributed by atoms with van der Waals surface area (Å²) < 4.78 is 4.66. The molecule has 0 spiro atoms. The number of esters is 1. The van der Waals surface area contributed by atoms with Crippen molar-refractivity contribution < 1.29 is 19.1 Å². The summed E-state index contributed by atoms with van der Waals surface area (Å²) in [6, 6.07) is 11.5. The van der Waals surface area contributed by atoms with Crippen LogP contribution in [0.25, 0.3) is 0 Å².